The van der Waals surface area contributed by atoms with Crippen LogP contribution in [0, 0.1) is 15.2 Å². The normalized spacial score (nSPS) is 14.5. The van der Waals surface area contributed by atoms with Crippen molar-refractivity contribution in [1.29, 1.82) is 0 Å². The maximum absolute atomic E-state index is 4.36. The van der Waals surface area contributed by atoms with Crippen LogP contribution in [0.2, 0.25) is 0 Å². The summed E-state index contributed by atoms with van der Waals surface area (Å²) in [5.41, 5.74) is 0.358. The average Bonchev–Trinajstić information content (AvgIpc) is 2.33. The van der Waals surface area contributed by atoms with Crippen LogP contribution in [0.15, 0.2) is 0 Å². The number of hydrogen-bond acceptors (Lipinski definition) is 3. The van der Waals surface area contributed by atoms with Gasteiger partial charge in [0.2, 0.25) is 3.83 Å². The van der Waals surface area contributed by atoms with Gasteiger partial charge in [-0.3, -0.25) is 0 Å². The molecular weight excluding hydrogens is 295 g/mol. The number of aromatic nitrogens is 2. The Morgan fingerprint density at radius 1 is 1.46 bits per heavy atom. The largest absolute Gasteiger partial charge is 0.215 e. The van der Waals surface area contributed by atoms with Gasteiger partial charge in [-0.05, 0) is 22.9 Å². The molecule has 0 aliphatic rings. The Hall–Kier alpha value is 0.290. The second kappa shape index (κ2) is 4.21. The van der Waals surface area contributed by atoms with Crippen molar-refractivity contribution >= 4 is 34.1 Å². The first-order valence-corrected chi connectivity index (χ1v) is 6.23. The fourth-order valence-corrected chi connectivity index (χ4v) is 2.31. The highest BCUT2D eigenvalue weighted by atomic mass is 127. The molecule has 0 saturated carbocycles. The van der Waals surface area contributed by atoms with Gasteiger partial charge in [-0.15, -0.1) is 0 Å². The van der Waals surface area contributed by atoms with Gasteiger partial charge >= 0.3 is 0 Å². The van der Waals surface area contributed by atoms with Crippen molar-refractivity contribution in [2.45, 2.75) is 34.1 Å². The third kappa shape index (κ3) is 3.50. The lowest BCUT2D eigenvalue weighted by molar-refractivity contribution is 0.260. The van der Waals surface area contributed by atoms with E-state index >= 15 is 0 Å². The lowest BCUT2D eigenvalue weighted by Crippen LogP contribution is -2.19. The predicted octanol–water partition coefficient (Wildman–Crippen LogP) is 3.37. The minimum absolute atomic E-state index is 0.358. The van der Waals surface area contributed by atoms with Gasteiger partial charge in [-0.25, -0.2) is 4.98 Å². The fourth-order valence-electron chi connectivity index (χ4n) is 0.885. The van der Waals surface area contributed by atoms with Crippen LogP contribution in [0.25, 0.3) is 0 Å². The smallest absolute Gasteiger partial charge is 0.203 e. The molecule has 0 amide bonds. The Morgan fingerprint density at radius 3 is 2.46 bits per heavy atom. The summed E-state index contributed by atoms with van der Waals surface area (Å²) in [6.45, 7) is 9.07. The van der Waals surface area contributed by atoms with Gasteiger partial charge in [-0.1, -0.05) is 27.7 Å². The molecule has 1 aromatic rings. The van der Waals surface area contributed by atoms with E-state index in [0.29, 0.717) is 11.3 Å². The highest BCUT2D eigenvalue weighted by Crippen LogP contribution is 2.28. The molecule has 13 heavy (non-hydrogen) atoms. The van der Waals surface area contributed by atoms with E-state index in [1.54, 1.807) is 0 Å². The lowest BCUT2D eigenvalue weighted by Gasteiger charge is -2.26. The van der Waals surface area contributed by atoms with Crippen LogP contribution < -0.4 is 0 Å². The first-order valence-electron chi connectivity index (χ1n) is 4.37. The molecule has 0 aromatic carbocycles. The molecule has 2 nitrogen and oxygen atoms in total. The van der Waals surface area contributed by atoms with Crippen LogP contribution in [0.5, 0.6) is 0 Å². The minimum Gasteiger partial charge on any atom is -0.215 e. The van der Waals surface area contributed by atoms with Crippen molar-refractivity contribution in [3.8, 4) is 0 Å². The average molecular weight is 310 g/mol. The third-order valence-electron chi connectivity index (χ3n) is 2.40. The molecule has 1 atom stereocenters. The Morgan fingerprint density at radius 2 is 2.08 bits per heavy atom. The van der Waals surface area contributed by atoms with Gasteiger partial charge in [-0.2, -0.15) is 4.37 Å². The van der Waals surface area contributed by atoms with E-state index < -0.39 is 0 Å². The van der Waals surface area contributed by atoms with Crippen molar-refractivity contribution in [2.24, 2.45) is 11.3 Å². The fraction of sp³-hybridized carbons (Fsp3) is 0.778. The Balaban J connectivity index is 2.60. The third-order valence-corrected chi connectivity index (χ3v) is 3.95. The monoisotopic (exact) mass is 310 g/mol. The Labute approximate surface area is 97.5 Å². The SMILES string of the molecule is CC(Cc1nc(I)ns1)C(C)(C)C. The molecule has 1 aromatic heterocycles. The maximum Gasteiger partial charge on any atom is 0.203 e. The molecule has 1 unspecified atom stereocenters. The zero-order valence-electron chi connectivity index (χ0n) is 8.47. The molecule has 0 saturated heterocycles. The van der Waals surface area contributed by atoms with E-state index in [2.05, 4.69) is 59.6 Å². The number of halogens is 1. The molecule has 74 valence electrons. The molecule has 0 fully saturated rings. The minimum atomic E-state index is 0.358. The molecule has 0 bridgehead atoms. The van der Waals surface area contributed by atoms with E-state index in [9.17, 15) is 0 Å². The lowest BCUT2D eigenvalue weighted by atomic mass is 9.80. The highest BCUT2D eigenvalue weighted by Gasteiger charge is 2.21. The first kappa shape index (κ1) is 11.4. The van der Waals surface area contributed by atoms with Crippen molar-refractivity contribution in [1.82, 2.24) is 9.36 Å². The Bertz CT molecular complexity index is 277. The van der Waals surface area contributed by atoms with E-state index in [1.807, 2.05) is 0 Å². The van der Waals surface area contributed by atoms with Gasteiger partial charge < -0.3 is 0 Å². The summed E-state index contributed by atoms with van der Waals surface area (Å²) in [5, 5.41) is 1.16. The van der Waals surface area contributed by atoms with Crippen molar-refractivity contribution in [3.63, 3.8) is 0 Å². The highest BCUT2D eigenvalue weighted by molar-refractivity contribution is 14.1. The van der Waals surface area contributed by atoms with Gasteiger partial charge in [0.1, 0.15) is 5.01 Å². The van der Waals surface area contributed by atoms with E-state index in [1.165, 1.54) is 11.5 Å². The molecule has 0 spiro atoms. The van der Waals surface area contributed by atoms with Gasteiger partial charge in [0.25, 0.3) is 0 Å². The molecule has 0 aliphatic heterocycles. The zero-order valence-corrected chi connectivity index (χ0v) is 11.4. The van der Waals surface area contributed by atoms with E-state index in [4.69, 9.17) is 0 Å². The summed E-state index contributed by atoms with van der Waals surface area (Å²) >= 11 is 3.68. The molecular formula is C9H15IN2S. The summed E-state index contributed by atoms with van der Waals surface area (Å²) < 4.78 is 5.04. The molecule has 4 heteroatoms. The van der Waals surface area contributed by atoms with Gasteiger partial charge in [0, 0.05) is 29.0 Å². The zero-order chi connectivity index (χ0) is 10.1. The first-order chi connectivity index (χ1) is 5.89. The van der Waals surface area contributed by atoms with Crippen LogP contribution in [0.3, 0.4) is 0 Å². The summed E-state index contributed by atoms with van der Waals surface area (Å²) in [6, 6.07) is 0. The number of rotatable bonds is 2. The molecule has 0 aliphatic carbocycles. The molecule has 1 heterocycles. The number of hydrogen-bond donors (Lipinski definition) is 0. The predicted molar refractivity (Wildman–Crippen MR) is 64.9 cm³/mol. The van der Waals surface area contributed by atoms with Crippen LogP contribution in [-0.2, 0) is 6.42 Å². The topological polar surface area (TPSA) is 25.8 Å². The van der Waals surface area contributed by atoms with Crippen molar-refractivity contribution in [2.75, 3.05) is 0 Å². The van der Waals surface area contributed by atoms with Gasteiger partial charge in [0.05, 0.1) is 0 Å². The van der Waals surface area contributed by atoms with Crippen molar-refractivity contribution < 1.29 is 0 Å². The molecule has 1 rings (SSSR count). The van der Waals surface area contributed by atoms with Crippen LogP contribution in [0.4, 0.5) is 0 Å². The van der Waals surface area contributed by atoms with Crippen LogP contribution in [0.1, 0.15) is 32.7 Å². The summed E-state index contributed by atoms with van der Waals surface area (Å²) in [7, 11) is 0. The maximum atomic E-state index is 4.36. The summed E-state index contributed by atoms with van der Waals surface area (Å²) in [4.78, 5) is 4.36. The van der Waals surface area contributed by atoms with Crippen LogP contribution >= 0.6 is 34.1 Å². The summed E-state index contributed by atoms with van der Waals surface area (Å²) in [6.07, 6.45) is 1.05. The van der Waals surface area contributed by atoms with E-state index in [0.717, 1.165) is 15.3 Å². The van der Waals surface area contributed by atoms with E-state index in [-0.39, 0.29) is 0 Å². The quantitative estimate of drug-likeness (QED) is 0.783. The van der Waals surface area contributed by atoms with Gasteiger partial charge in [0.15, 0.2) is 0 Å². The molecule has 0 radical (unpaired) electrons. The molecule has 0 N–H and O–H groups in total. The summed E-state index contributed by atoms with van der Waals surface area (Å²) in [5.74, 6) is 0.649. The second-order valence-electron chi connectivity index (χ2n) is 4.43. The standard InChI is InChI=1S/C9H15IN2S/c1-6(9(2,3)4)5-7-11-8(10)12-13-7/h6H,5H2,1-4H3. The van der Waals surface area contributed by atoms with Crippen LogP contribution in [-0.4, -0.2) is 9.36 Å². The second-order valence-corrected chi connectivity index (χ2v) is 6.23. The number of nitrogens with zero attached hydrogens (tertiary/aromatic N) is 2. The Kier molecular flexibility index (Phi) is 3.68. The van der Waals surface area contributed by atoms with Crippen molar-refractivity contribution in [3.05, 3.63) is 8.84 Å².